The number of pyridine rings is 1. The summed E-state index contributed by atoms with van der Waals surface area (Å²) in [5, 5.41) is 12.0. The zero-order chi connectivity index (χ0) is 19.6. The summed E-state index contributed by atoms with van der Waals surface area (Å²) in [6.07, 6.45) is -2.69. The van der Waals surface area contributed by atoms with Crippen molar-refractivity contribution in [3.05, 3.63) is 54.2 Å². The molecule has 7 nitrogen and oxygen atoms in total. The Balaban J connectivity index is 1.49. The standard InChI is InChI=1S/C18H18F3N7/c19-18(20,21)14-7-8-16(22-13-14)26-9-4-10-27(12-11-26)17-23-24-25-28(17)15-5-2-1-3-6-15/h1-3,5-8,13H,4,9-12H2. The van der Waals surface area contributed by atoms with Crippen molar-refractivity contribution in [2.24, 2.45) is 0 Å². The number of para-hydroxylation sites is 1. The Kier molecular flexibility index (Phi) is 4.84. The van der Waals surface area contributed by atoms with Gasteiger partial charge >= 0.3 is 6.18 Å². The Morgan fingerprint density at radius 3 is 2.32 bits per heavy atom. The van der Waals surface area contributed by atoms with Gasteiger partial charge in [0.05, 0.1) is 11.3 Å². The van der Waals surface area contributed by atoms with E-state index < -0.39 is 11.7 Å². The van der Waals surface area contributed by atoms with Crippen LogP contribution in [0.3, 0.4) is 0 Å². The fourth-order valence-electron chi connectivity index (χ4n) is 3.20. The number of rotatable bonds is 3. The third-order valence-electron chi connectivity index (χ3n) is 4.63. The molecule has 3 heterocycles. The van der Waals surface area contributed by atoms with Crippen molar-refractivity contribution in [1.29, 1.82) is 0 Å². The second kappa shape index (κ2) is 7.45. The quantitative estimate of drug-likeness (QED) is 0.687. The summed E-state index contributed by atoms with van der Waals surface area (Å²) in [5.41, 5.74) is 0.128. The molecule has 0 unspecified atom stereocenters. The average Bonchev–Trinajstić information content (AvgIpc) is 3.06. The van der Waals surface area contributed by atoms with Crippen molar-refractivity contribution in [1.82, 2.24) is 25.2 Å². The molecule has 28 heavy (non-hydrogen) atoms. The van der Waals surface area contributed by atoms with Crippen LogP contribution in [0, 0.1) is 0 Å². The largest absolute Gasteiger partial charge is 0.417 e. The molecule has 10 heteroatoms. The van der Waals surface area contributed by atoms with Gasteiger partial charge in [0.15, 0.2) is 0 Å². The van der Waals surface area contributed by atoms with Crippen LogP contribution < -0.4 is 9.80 Å². The van der Waals surface area contributed by atoms with Crippen LogP contribution in [0.25, 0.3) is 5.69 Å². The Morgan fingerprint density at radius 1 is 0.857 bits per heavy atom. The molecule has 1 fully saturated rings. The van der Waals surface area contributed by atoms with E-state index in [1.807, 2.05) is 35.2 Å². The fourth-order valence-corrected chi connectivity index (χ4v) is 3.20. The summed E-state index contributed by atoms with van der Waals surface area (Å²) in [5.74, 6) is 1.19. The number of halogens is 3. The number of tetrazole rings is 1. The van der Waals surface area contributed by atoms with Crippen molar-refractivity contribution >= 4 is 11.8 Å². The molecule has 1 aromatic carbocycles. The molecule has 146 valence electrons. The summed E-state index contributed by atoms with van der Waals surface area (Å²) < 4.78 is 39.9. The van der Waals surface area contributed by atoms with Gasteiger partial charge in [-0.05, 0) is 41.1 Å². The fraction of sp³-hybridized carbons (Fsp3) is 0.333. The molecule has 1 saturated heterocycles. The Hall–Kier alpha value is -3.17. The van der Waals surface area contributed by atoms with Crippen LogP contribution in [-0.4, -0.2) is 51.4 Å². The van der Waals surface area contributed by atoms with E-state index in [1.54, 1.807) is 4.68 Å². The van der Waals surface area contributed by atoms with E-state index in [-0.39, 0.29) is 0 Å². The number of anilines is 2. The maximum atomic E-state index is 12.7. The van der Waals surface area contributed by atoms with Crippen LogP contribution in [0.15, 0.2) is 48.7 Å². The molecule has 0 aliphatic carbocycles. The van der Waals surface area contributed by atoms with E-state index in [9.17, 15) is 13.2 Å². The lowest BCUT2D eigenvalue weighted by Crippen LogP contribution is -2.32. The molecule has 0 saturated carbocycles. The molecular formula is C18H18F3N7. The minimum absolute atomic E-state index is 0.539. The van der Waals surface area contributed by atoms with E-state index in [1.165, 1.54) is 6.07 Å². The Morgan fingerprint density at radius 2 is 1.61 bits per heavy atom. The zero-order valence-electron chi connectivity index (χ0n) is 14.9. The maximum Gasteiger partial charge on any atom is 0.417 e. The first-order valence-corrected chi connectivity index (χ1v) is 8.89. The molecular weight excluding hydrogens is 371 g/mol. The number of hydrogen-bond donors (Lipinski definition) is 0. The van der Waals surface area contributed by atoms with E-state index >= 15 is 0 Å². The number of benzene rings is 1. The summed E-state index contributed by atoms with van der Waals surface area (Å²) in [6.45, 7) is 2.68. The van der Waals surface area contributed by atoms with Crippen molar-refractivity contribution in [2.45, 2.75) is 12.6 Å². The number of aromatic nitrogens is 5. The lowest BCUT2D eigenvalue weighted by atomic mass is 10.2. The molecule has 1 aliphatic heterocycles. The number of nitrogens with zero attached hydrogens (tertiary/aromatic N) is 7. The molecule has 0 spiro atoms. The first kappa shape index (κ1) is 18.2. The normalized spacial score (nSPS) is 15.5. The van der Waals surface area contributed by atoms with Gasteiger partial charge in [-0.2, -0.15) is 17.9 Å². The first-order valence-electron chi connectivity index (χ1n) is 8.89. The van der Waals surface area contributed by atoms with Gasteiger partial charge in [0.1, 0.15) is 5.82 Å². The smallest absolute Gasteiger partial charge is 0.355 e. The molecule has 0 N–H and O–H groups in total. The molecule has 0 radical (unpaired) electrons. The van der Waals surface area contributed by atoms with Gasteiger partial charge in [-0.1, -0.05) is 23.3 Å². The highest BCUT2D eigenvalue weighted by molar-refractivity contribution is 5.44. The van der Waals surface area contributed by atoms with Crippen LogP contribution in [0.2, 0.25) is 0 Å². The highest BCUT2D eigenvalue weighted by Gasteiger charge is 2.31. The topological polar surface area (TPSA) is 63.0 Å². The third-order valence-corrected chi connectivity index (χ3v) is 4.63. The molecule has 0 atom stereocenters. The highest BCUT2D eigenvalue weighted by Crippen LogP contribution is 2.29. The second-order valence-electron chi connectivity index (χ2n) is 6.46. The van der Waals surface area contributed by atoms with E-state index in [4.69, 9.17) is 0 Å². The van der Waals surface area contributed by atoms with Crippen molar-refractivity contribution < 1.29 is 13.2 Å². The van der Waals surface area contributed by atoms with Gasteiger partial charge in [0, 0.05) is 32.4 Å². The molecule has 3 aromatic rings. The van der Waals surface area contributed by atoms with E-state index in [0.29, 0.717) is 31.4 Å². The molecule has 4 rings (SSSR count). The highest BCUT2D eigenvalue weighted by atomic mass is 19.4. The van der Waals surface area contributed by atoms with Gasteiger partial charge in [-0.3, -0.25) is 0 Å². The minimum atomic E-state index is -4.38. The first-order chi connectivity index (χ1) is 13.5. The van der Waals surface area contributed by atoms with Gasteiger partial charge < -0.3 is 9.80 Å². The average molecular weight is 389 g/mol. The predicted molar refractivity (Wildman–Crippen MR) is 97.4 cm³/mol. The summed E-state index contributed by atoms with van der Waals surface area (Å²) in [6, 6.07) is 12.1. The van der Waals surface area contributed by atoms with Gasteiger partial charge in [-0.15, -0.1) is 0 Å². The third kappa shape index (κ3) is 3.75. The summed E-state index contributed by atoms with van der Waals surface area (Å²) in [4.78, 5) is 8.07. The number of hydrogen-bond acceptors (Lipinski definition) is 6. The molecule has 2 aromatic heterocycles. The van der Waals surface area contributed by atoms with Crippen molar-refractivity contribution in [3.63, 3.8) is 0 Å². The summed E-state index contributed by atoms with van der Waals surface area (Å²) >= 11 is 0. The number of alkyl halides is 3. The van der Waals surface area contributed by atoms with Crippen LogP contribution in [-0.2, 0) is 6.18 Å². The van der Waals surface area contributed by atoms with Gasteiger partial charge in [0.25, 0.3) is 0 Å². The van der Waals surface area contributed by atoms with E-state index in [2.05, 4.69) is 25.4 Å². The molecule has 0 amide bonds. The second-order valence-corrected chi connectivity index (χ2v) is 6.46. The SMILES string of the molecule is FC(F)(F)c1ccc(N2CCCN(c3nnnn3-c3ccccc3)CC2)nc1. The van der Waals surface area contributed by atoms with Crippen molar-refractivity contribution in [2.75, 3.05) is 36.0 Å². The van der Waals surface area contributed by atoms with Crippen LogP contribution >= 0.6 is 0 Å². The Bertz CT molecular complexity index is 909. The maximum absolute atomic E-state index is 12.7. The van der Waals surface area contributed by atoms with Crippen LogP contribution in [0.4, 0.5) is 24.9 Å². The monoisotopic (exact) mass is 389 g/mol. The van der Waals surface area contributed by atoms with Crippen LogP contribution in [0.1, 0.15) is 12.0 Å². The lowest BCUT2D eigenvalue weighted by Gasteiger charge is -2.23. The van der Waals surface area contributed by atoms with E-state index in [0.717, 1.165) is 30.9 Å². The predicted octanol–water partition coefficient (Wildman–Crippen LogP) is 2.79. The van der Waals surface area contributed by atoms with Crippen molar-refractivity contribution in [3.8, 4) is 5.69 Å². The molecule has 0 bridgehead atoms. The molecule has 1 aliphatic rings. The Labute approximate surface area is 159 Å². The summed E-state index contributed by atoms with van der Waals surface area (Å²) in [7, 11) is 0. The van der Waals surface area contributed by atoms with Gasteiger partial charge in [0.2, 0.25) is 5.95 Å². The van der Waals surface area contributed by atoms with Gasteiger partial charge in [-0.25, -0.2) is 4.98 Å². The van der Waals surface area contributed by atoms with Crippen LogP contribution in [0.5, 0.6) is 0 Å². The lowest BCUT2D eigenvalue weighted by molar-refractivity contribution is -0.137. The zero-order valence-corrected chi connectivity index (χ0v) is 14.9. The minimum Gasteiger partial charge on any atom is -0.355 e.